The average molecular weight is 288 g/mol. The second kappa shape index (κ2) is 7.61. The molecule has 112 valence electrons. The third-order valence-corrected chi connectivity index (χ3v) is 3.78. The lowest BCUT2D eigenvalue weighted by Gasteiger charge is -2.16. The van der Waals surface area contributed by atoms with E-state index in [4.69, 9.17) is 0 Å². The van der Waals surface area contributed by atoms with E-state index in [9.17, 15) is 0 Å². The zero-order chi connectivity index (χ0) is 15.9. The van der Waals surface area contributed by atoms with Gasteiger partial charge in [-0.15, -0.1) is 0 Å². The Morgan fingerprint density at radius 3 is 2.45 bits per heavy atom. The molecule has 0 N–H and O–H groups in total. The van der Waals surface area contributed by atoms with E-state index >= 15 is 0 Å². The molecule has 0 fully saturated rings. The zero-order valence-corrected chi connectivity index (χ0v) is 13.8. The lowest BCUT2D eigenvalue weighted by Crippen LogP contribution is -1.94. The van der Waals surface area contributed by atoms with Crippen molar-refractivity contribution in [3.05, 3.63) is 90.0 Å². The van der Waals surface area contributed by atoms with Crippen LogP contribution in [0.3, 0.4) is 0 Å². The van der Waals surface area contributed by atoms with Crippen molar-refractivity contribution in [3.63, 3.8) is 0 Å². The predicted molar refractivity (Wildman–Crippen MR) is 98.8 cm³/mol. The molecule has 0 bridgehead atoms. The Kier molecular flexibility index (Phi) is 5.55. The molecule has 2 rings (SSSR count). The summed E-state index contributed by atoms with van der Waals surface area (Å²) in [6.07, 6.45) is 7.19. The molecule has 0 aromatic heterocycles. The van der Waals surface area contributed by atoms with Gasteiger partial charge < -0.3 is 0 Å². The van der Waals surface area contributed by atoms with Gasteiger partial charge in [0.05, 0.1) is 0 Å². The second-order valence-electron chi connectivity index (χ2n) is 5.68. The van der Waals surface area contributed by atoms with Crippen molar-refractivity contribution in [2.75, 3.05) is 0 Å². The van der Waals surface area contributed by atoms with E-state index in [1.807, 2.05) is 6.92 Å². The molecule has 0 atom stereocenters. The van der Waals surface area contributed by atoms with Gasteiger partial charge >= 0.3 is 0 Å². The summed E-state index contributed by atoms with van der Waals surface area (Å²) in [5.41, 5.74) is 7.58. The first-order valence-corrected chi connectivity index (χ1v) is 7.75. The van der Waals surface area contributed by atoms with Crippen LogP contribution < -0.4 is 0 Å². The summed E-state index contributed by atoms with van der Waals surface area (Å²) in [5, 5.41) is 0. The van der Waals surface area contributed by atoms with Gasteiger partial charge in [0.25, 0.3) is 0 Å². The van der Waals surface area contributed by atoms with Crippen molar-refractivity contribution in [2.45, 2.75) is 27.2 Å². The van der Waals surface area contributed by atoms with Crippen molar-refractivity contribution in [1.29, 1.82) is 0 Å². The van der Waals surface area contributed by atoms with Crippen molar-refractivity contribution < 1.29 is 0 Å². The quantitative estimate of drug-likeness (QED) is 0.544. The van der Waals surface area contributed by atoms with Crippen LogP contribution in [0.1, 0.15) is 31.4 Å². The number of aryl methyl sites for hydroxylation is 1. The third-order valence-electron chi connectivity index (χ3n) is 3.78. The van der Waals surface area contributed by atoms with E-state index in [-0.39, 0.29) is 0 Å². The highest BCUT2D eigenvalue weighted by molar-refractivity contribution is 5.83. The first-order valence-electron chi connectivity index (χ1n) is 7.75. The summed E-state index contributed by atoms with van der Waals surface area (Å²) in [7, 11) is 0. The lowest BCUT2D eigenvalue weighted by molar-refractivity contribution is 1.22. The molecule has 0 saturated carbocycles. The van der Waals surface area contributed by atoms with E-state index in [2.05, 4.69) is 87.2 Å². The number of allylic oxidation sites excluding steroid dienone is 5. The zero-order valence-electron chi connectivity index (χ0n) is 13.8. The summed E-state index contributed by atoms with van der Waals surface area (Å²) in [6, 6.07) is 17.0. The minimum Gasteiger partial charge on any atom is -0.0949 e. The molecule has 0 aliphatic rings. The smallest absolute Gasteiger partial charge is 0.00664 e. The Morgan fingerprint density at radius 2 is 1.77 bits per heavy atom. The van der Waals surface area contributed by atoms with Crippen LogP contribution in [0.25, 0.3) is 16.7 Å². The van der Waals surface area contributed by atoms with Crippen molar-refractivity contribution in [3.8, 4) is 11.1 Å². The van der Waals surface area contributed by atoms with Gasteiger partial charge in [0.1, 0.15) is 0 Å². The van der Waals surface area contributed by atoms with Crippen LogP contribution in [-0.4, -0.2) is 0 Å². The molecular formula is C22H24. The molecule has 0 nitrogen and oxygen atoms in total. The lowest BCUT2D eigenvalue weighted by atomic mass is 9.89. The van der Waals surface area contributed by atoms with E-state index in [1.54, 1.807) is 0 Å². The minimum absolute atomic E-state index is 0.898. The Morgan fingerprint density at radius 1 is 1.05 bits per heavy atom. The second-order valence-corrected chi connectivity index (χ2v) is 5.68. The predicted octanol–water partition coefficient (Wildman–Crippen LogP) is 6.59. The molecule has 0 heteroatoms. The highest BCUT2D eigenvalue weighted by Gasteiger charge is 2.11. The summed E-state index contributed by atoms with van der Waals surface area (Å²) >= 11 is 0. The van der Waals surface area contributed by atoms with Crippen molar-refractivity contribution in [1.82, 2.24) is 0 Å². The molecule has 2 aromatic rings. The Labute approximate surface area is 134 Å². The van der Waals surface area contributed by atoms with Crippen LogP contribution in [0.4, 0.5) is 0 Å². The number of hydrogen-bond acceptors (Lipinski definition) is 0. The number of benzene rings is 2. The van der Waals surface area contributed by atoms with Gasteiger partial charge in [0, 0.05) is 0 Å². The molecule has 2 aromatic carbocycles. The number of rotatable bonds is 5. The molecule has 22 heavy (non-hydrogen) atoms. The summed E-state index contributed by atoms with van der Waals surface area (Å²) in [5.74, 6) is 0. The first-order chi connectivity index (χ1) is 10.6. The molecule has 0 amide bonds. The molecule has 0 heterocycles. The highest BCUT2D eigenvalue weighted by Crippen LogP contribution is 2.33. The molecule has 0 aliphatic carbocycles. The van der Waals surface area contributed by atoms with Gasteiger partial charge in [0.2, 0.25) is 0 Å². The maximum Gasteiger partial charge on any atom is -0.00664 e. The molecule has 0 aliphatic heterocycles. The fourth-order valence-electron chi connectivity index (χ4n) is 2.74. The van der Waals surface area contributed by atoms with E-state index in [1.165, 1.54) is 33.4 Å². The summed E-state index contributed by atoms with van der Waals surface area (Å²) in [4.78, 5) is 0. The fourth-order valence-corrected chi connectivity index (χ4v) is 2.74. The molecule has 0 saturated heterocycles. The number of hydrogen-bond donors (Lipinski definition) is 0. The Hall–Kier alpha value is -2.34. The average Bonchev–Trinajstić information content (AvgIpc) is 2.53. The molecule has 0 radical (unpaired) electrons. The maximum absolute atomic E-state index is 4.36. The van der Waals surface area contributed by atoms with E-state index < -0.39 is 0 Å². The monoisotopic (exact) mass is 288 g/mol. The van der Waals surface area contributed by atoms with Gasteiger partial charge in [-0.1, -0.05) is 78.9 Å². The maximum atomic E-state index is 4.36. The third kappa shape index (κ3) is 3.85. The standard InChI is InChI=1S/C22H24/c1-5-6-11-17(2)16-19(4)22-18(3)12-10-15-21(22)20-13-8-7-9-14-20/h5-15H,4,16H2,1-3H3/b6-5-,17-11+. The van der Waals surface area contributed by atoms with Crippen LogP contribution in [0, 0.1) is 6.92 Å². The SMILES string of the molecule is C=C(C/C(C)=C/C=C\C)c1c(C)cccc1-c1ccccc1. The van der Waals surface area contributed by atoms with Crippen molar-refractivity contribution in [2.24, 2.45) is 0 Å². The van der Waals surface area contributed by atoms with E-state index in [0.717, 1.165) is 6.42 Å². The minimum atomic E-state index is 0.898. The first kappa shape index (κ1) is 16.0. The van der Waals surface area contributed by atoms with Gasteiger partial charge in [-0.05, 0) is 55.0 Å². The fraction of sp³-hybridized carbons (Fsp3) is 0.182. The van der Waals surface area contributed by atoms with E-state index in [0.29, 0.717) is 0 Å². The van der Waals surface area contributed by atoms with Crippen LogP contribution >= 0.6 is 0 Å². The molecule has 0 spiro atoms. The topological polar surface area (TPSA) is 0 Å². The molecule has 0 unspecified atom stereocenters. The van der Waals surface area contributed by atoms with Gasteiger partial charge in [-0.25, -0.2) is 0 Å². The Balaban J connectivity index is 2.40. The van der Waals surface area contributed by atoms with Gasteiger partial charge in [0.15, 0.2) is 0 Å². The highest BCUT2D eigenvalue weighted by atomic mass is 14.1. The largest absolute Gasteiger partial charge is 0.0949 e. The molecular weight excluding hydrogens is 264 g/mol. The van der Waals surface area contributed by atoms with Crippen LogP contribution in [-0.2, 0) is 0 Å². The normalized spacial score (nSPS) is 11.9. The summed E-state index contributed by atoms with van der Waals surface area (Å²) < 4.78 is 0. The Bertz CT molecular complexity index is 700. The van der Waals surface area contributed by atoms with Crippen LogP contribution in [0.5, 0.6) is 0 Å². The van der Waals surface area contributed by atoms with Gasteiger partial charge in [-0.2, -0.15) is 0 Å². The van der Waals surface area contributed by atoms with Crippen LogP contribution in [0.2, 0.25) is 0 Å². The van der Waals surface area contributed by atoms with Crippen molar-refractivity contribution >= 4 is 5.57 Å². The van der Waals surface area contributed by atoms with Crippen LogP contribution in [0.15, 0.2) is 78.9 Å². The summed E-state index contributed by atoms with van der Waals surface area (Å²) in [6.45, 7) is 10.7. The van der Waals surface area contributed by atoms with Gasteiger partial charge in [-0.3, -0.25) is 0 Å².